The number of rotatable bonds is 0. The van der Waals surface area contributed by atoms with Crippen LogP contribution >= 0.6 is 0 Å². The zero-order valence-corrected chi connectivity index (χ0v) is 8.89. The summed E-state index contributed by atoms with van der Waals surface area (Å²) in [7, 11) is 0. The molecule has 0 amide bonds. The first-order chi connectivity index (χ1) is 7.86. The summed E-state index contributed by atoms with van der Waals surface area (Å²) in [4.78, 5) is 0. The summed E-state index contributed by atoms with van der Waals surface area (Å²) in [6.45, 7) is 0.598. The maximum Gasteiger partial charge on any atom is 0.124 e. The smallest absolute Gasteiger partial charge is 0.124 e. The molecule has 1 heterocycles. The normalized spacial score (nSPS) is 17.9. The first kappa shape index (κ1) is 9.43. The van der Waals surface area contributed by atoms with Gasteiger partial charge in [0.25, 0.3) is 0 Å². The number of ether oxygens (including phenoxy) is 1. The molecule has 0 saturated carbocycles. The highest BCUT2D eigenvalue weighted by molar-refractivity contribution is 5.45. The molecule has 0 spiro atoms. The minimum Gasteiger partial charge on any atom is -0.489 e. The van der Waals surface area contributed by atoms with Crippen LogP contribution in [0.2, 0.25) is 0 Å². The van der Waals surface area contributed by atoms with E-state index in [0.29, 0.717) is 6.61 Å². The molecule has 2 aromatic rings. The van der Waals surface area contributed by atoms with Gasteiger partial charge in [-0.25, -0.2) is 0 Å². The van der Waals surface area contributed by atoms with Crippen molar-refractivity contribution < 1.29 is 4.74 Å². The lowest BCUT2D eigenvalue weighted by molar-refractivity contribution is 0.307. The topological polar surface area (TPSA) is 35.2 Å². The second-order valence-corrected chi connectivity index (χ2v) is 4.00. The van der Waals surface area contributed by atoms with Crippen LogP contribution in [0.4, 0.5) is 0 Å². The van der Waals surface area contributed by atoms with E-state index in [1.54, 1.807) is 0 Å². The van der Waals surface area contributed by atoms with Crippen LogP contribution in [0.3, 0.4) is 0 Å². The Labute approximate surface area is 94.7 Å². The van der Waals surface area contributed by atoms with E-state index in [-0.39, 0.29) is 6.04 Å². The maximum atomic E-state index is 6.28. The van der Waals surface area contributed by atoms with Gasteiger partial charge >= 0.3 is 0 Å². The molecule has 2 nitrogen and oxygen atoms in total. The van der Waals surface area contributed by atoms with Gasteiger partial charge in [0.05, 0.1) is 6.04 Å². The summed E-state index contributed by atoms with van der Waals surface area (Å²) in [5.41, 5.74) is 9.67. The van der Waals surface area contributed by atoms with Crippen molar-refractivity contribution in [2.75, 3.05) is 0 Å². The molecular weight excluding hydrogens is 198 g/mol. The number of para-hydroxylation sites is 1. The van der Waals surface area contributed by atoms with E-state index in [9.17, 15) is 0 Å². The minimum absolute atomic E-state index is 0.0881. The fraction of sp³-hybridized carbons (Fsp3) is 0.143. The average molecular weight is 211 g/mol. The molecule has 0 bridgehead atoms. The highest BCUT2D eigenvalue weighted by Crippen LogP contribution is 2.33. The third-order valence-electron chi connectivity index (χ3n) is 3.03. The van der Waals surface area contributed by atoms with Crippen LogP contribution < -0.4 is 10.5 Å². The first-order valence-corrected chi connectivity index (χ1v) is 5.41. The molecule has 1 aliphatic heterocycles. The van der Waals surface area contributed by atoms with Gasteiger partial charge < -0.3 is 10.5 Å². The number of benzene rings is 2. The van der Waals surface area contributed by atoms with Gasteiger partial charge in [-0.1, -0.05) is 42.5 Å². The fourth-order valence-corrected chi connectivity index (χ4v) is 2.16. The number of hydrogen-bond acceptors (Lipinski definition) is 2. The third-order valence-corrected chi connectivity index (χ3v) is 3.03. The van der Waals surface area contributed by atoms with E-state index in [0.717, 1.165) is 16.9 Å². The lowest BCUT2D eigenvalue weighted by Crippen LogP contribution is -2.12. The van der Waals surface area contributed by atoms with Crippen LogP contribution in [-0.4, -0.2) is 0 Å². The molecule has 1 unspecified atom stereocenters. The molecule has 0 aromatic heterocycles. The maximum absolute atomic E-state index is 6.28. The monoisotopic (exact) mass is 211 g/mol. The van der Waals surface area contributed by atoms with Crippen molar-refractivity contribution >= 4 is 0 Å². The van der Waals surface area contributed by atoms with Crippen molar-refractivity contribution in [3.05, 3.63) is 65.2 Å². The predicted molar refractivity (Wildman–Crippen MR) is 63.2 cm³/mol. The van der Waals surface area contributed by atoms with Crippen molar-refractivity contribution in [3.8, 4) is 5.75 Å². The van der Waals surface area contributed by atoms with E-state index in [4.69, 9.17) is 10.5 Å². The van der Waals surface area contributed by atoms with Crippen LogP contribution in [0.5, 0.6) is 5.75 Å². The number of hydrogen-bond donors (Lipinski definition) is 1. The standard InChI is InChI=1S/C14H13NO/c15-14-11-6-2-1-5-10(11)9-16-13-8-4-3-7-12(13)14/h1-8,14H,9,15H2. The predicted octanol–water partition coefficient (Wildman–Crippen LogP) is 2.63. The SMILES string of the molecule is NC1c2ccccc2COc2ccccc21. The lowest BCUT2D eigenvalue weighted by atomic mass is 9.96. The Hall–Kier alpha value is -1.80. The second-order valence-electron chi connectivity index (χ2n) is 4.00. The summed E-state index contributed by atoms with van der Waals surface area (Å²) in [6.07, 6.45) is 0. The van der Waals surface area contributed by atoms with Crippen molar-refractivity contribution in [3.63, 3.8) is 0 Å². The van der Waals surface area contributed by atoms with Crippen LogP contribution in [0.1, 0.15) is 22.7 Å². The van der Waals surface area contributed by atoms with Crippen molar-refractivity contribution in [1.29, 1.82) is 0 Å². The van der Waals surface area contributed by atoms with Crippen LogP contribution in [-0.2, 0) is 6.61 Å². The van der Waals surface area contributed by atoms with Crippen LogP contribution in [0, 0.1) is 0 Å². The highest BCUT2D eigenvalue weighted by Gasteiger charge is 2.20. The van der Waals surface area contributed by atoms with Gasteiger partial charge in [-0.15, -0.1) is 0 Å². The van der Waals surface area contributed by atoms with E-state index in [1.165, 1.54) is 5.56 Å². The van der Waals surface area contributed by atoms with Gasteiger partial charge in [0.2, 0.25) is 0 Å². The molecule has 1 aliphatic rings. The minimum atomic E-state index is -0.0881. The fourth-order valence-electron chi connectivity index (χ4n) is 2.16. The Balaban J connectivity index is 2.18. The summed E-state index contributed by atoms with van der Waals surface area (Å²) in [6, 6.07) is 16.1. The van der Waals surface area contributed by atoms with E-state index in [2.05, 4.69) is 12.1 Å². The summed E-state index contributed by atoms with van der Waals surface area (Å²) in [5.74, 6) is 0.895. The molecule has 1 atom stereocenters. The Morgan fingerprint density at radius 2 is 1.62 bits per heavy atom. The number of nitrogens with two attached hydrogens (primary N) is 1. The molecule has 0 saturated heterocycles. The van der Waals surface area contributed by atoms with Crippen molar-refractivity contribution in [2.24, 2.45) is 5.73 Å². The van der Waals surface area contributed by atoms with Crippen LogP contribution in [0.25, 0.3) is 0 Å². The molecule has 0 aliphatic carbocycles. The van der Waals surface area contributed by atoms with Crippen LogP contribution in [0.15, 0.2) is 48.5 Å². The molecular formula is C14H13NO. The Kier molecular flexibility index (Phi) is 2.15. The van der Waals surface area contributed by atoms with Gasteiger partial charge in [-0.3, -0.25) is 0 Å². The molecule has 0 radical (unpaired) electrons. The summed E-state index contributed by atoms with van der Waals surface area (Å²) >= 11 is 0. The summed E-state index contributed by atoms with van der Waals surface area (Å²) < 4.78 is 5.77. The Morgan fingerprint density at radius 3 is 2.50 bits per heavy atom. The van der Waals surface area contributed by atoms with Gasteiger partial charge in [0.15, 0.2) is 0 Å². The first-order valence-electron chi connectivity index (χ1n) is 5.41. The number of fused-ring (bicyclic) bond motifs is 2. The van der Waals surface area contributed by atoms with Crippen molar-refractivity contribution in [2.45, 2.75) is 12.6 Å². The molecule has 2 aromatic carbocycles. The van der Waals surface area contributed by atoms with E-state index >= 15 is 0 Å². The van der Waals surface area contributed by atoms with Gasteiger partial charge in [0, 0.05) is 5.56 Å². The molecule has 80 valence electrons. The van der Waals surface area contributed by atoms with Gasteiger partial charge in [0.1, 0.15) is 12.4 Å². The molecule has 16 heavy (non-hydrogen) atoms. The average Bonchev–Trinajstić information content (AvgIpc) is 2.49. The van der Waals surface area contributed by atoms with Gasteiger partial charge in [-0.2, -0.15) is 0 Å². The van der Waals surface area contributed by atoms with E-state index < -0.39 is 0 Å². The zero-order valence-electron chi connectivity index (χ0n) is 8.89. The Bertz CT molecular complexity index is 474. The molecule has 2 N–H and O–H groups in total. The zero-order chi connectivity index (χ0) is 11.0. The third kappa shape index (κ3) is 1.39. The molecule has 3 rings (SSSR count). The van der Waals surface area contributed by atoms with Crippen molar-refractivity contribution in [1.82, 2.24) is 0 Å². The quantitative estimate of drug-likeness (QED) is 0.727. The molecule has 0 fully saturated rings. The molecule has 2 heteroatoms. The largest absolute Gasteiger partial charge is 0.489 e. The van der Waals surface area contributed by atoms with Gasteiger partial charge in [-0.05, 0) is 17.2 Å². The lowest BCUT2D eigenvalue weighted by Gasteiger charge is -2.13. The highest BCUT2D eigenvalue weighted by atomic mass is 16.5. The van der Waals surface area contributed by atoms with E-state index in [1.807, 2.05) is 36.4 Å². The second kappa shape index (κ2) is 3.65. The summed E-state index contributed by atoms with van der Waals surface area (Å²) in [5, 5.41) is 0. The Morgan fingerprint density at radius 1 is 0.938 bits per heavy atom.